The van der Waals surface area contributed by atoms with E-state index >= 15 is 0 Å². The number of aliphatic carboxylic acids is 1. The molecule has 1 aliphatic carbocycles. The largest absolute Gasteiger partial charge is 0.481 e. The molecule has 0 atom stereocenters. The van der Waals surface area contributed by atoms with Crippen molar-refractivity contribution in [2.75, 3.05) is 6.61 Å². The fourth-order valence-corrected chi connectivity index (χ4v) is 2.87. The van der Waals surface area contributed by atoms with Gasteiger partial charge in [0.2, 0.25) is 11.7 Å². The lowest BCUT2D eigenvalue weighted by molar-refractivity contribution is -0.137. The van der Waals surface area contributed by atoms with Gasteiger partial charge in [0, 0.05) is 19.4 Å². The topological polar surface area (TPSA) is 85.5 Å². The van der Waals surface area contributed by atoms with Crippen molar-refractivity contribution in [1.82, 2.24) is 10.1 Å². The Hall–Kier alpha value is -1.43. The highest BCUT2D eigenvalue weighted by molar-refractivity contribution is 5.66. The maximum atomic E-state index is 10.5. The van der Waals surface area contributed by atoms with E-state index in [2.05, 4.69) is 17.1 Å². The van der Waals surface area contributed by atoms with Crippen LogP contribution in [-0.4, -0.2) is 27.8 Å². The minimum absolute atomic E-state index is 0.117. The molecule has 0 bridgehead atoms. The summed E-state index contributed by atoms with van der Waals surface area (Å²) in [5.41, 5.74) is -0.421. The predicted molar refractivity (Wildman–Crippen MR) is 75.8 cm³/mol. The number of aromatic nitrogens is 2. The van der Waals surface area contributed by atoms with Crippen LogP contribution in [0.4, 0.5) is 0 Å². The summed E-state index contributed by atoms with van der Waals surface area (Å²) in [6.07, 6.45) is 5.15. The molecule has 118 valence electrons. The van der Waals surface area contributed by atoms with Gasteiger partial charge in [-0.1, -0.05) is 12.1 Å². The lowest BCUT2D eigenvalue weighted by Crippen LogP contribution is -2.35. The van der Waals surface area contributed by atoms with Gasteiger partial charge < -0.3 is 14.4 Å². The smallest absolute Gasteiger partial charge is 0.303 e. The van der Waals surface area contributed by atoms with Crippen molar-refractivity contribution in [3.63, 3.8) is 0 Å². The molecule has 21 heavy (non-hydrogen) atoms. The molecular weight excluding hydrogens is 272 g/mol. The van der Waals surface area contributed by atoms with Crippen LogP contribution >= 0.6 is 0 Å². The number of hydrogen-bond donors (Lipinski definition) is 1. The van der Waals surface area contributed by atoms with E-state index in [1.54, 1.807) is 0 Å². The second-order valence-corrected chi connectivity index (χ2v) is 5.87. The molecule has 1 aromatic rings. The zero-order valence-electron chi connectivity index (χ0n) is 12.8. The standard InChI is InChI=1S/C15H24N2O4/c1-3-20-15(9-7-11(2)8-10-15)14-16-12(21-17-14)5-4-6-13(18)19/h11H,3-10H2,1-2H3,(H,18,19). The Bertz CT molecular complexity index is 464. The molecule has 2 rings (SSSR count). The number of carboxylic acids is 1. The molecule has 6 nitrogen and oxygen atoms in total. The number of ether oxygens (including phenoxy) is 1. The average molecular weight is 296 g/mol. The van der Waals surface area contributed by atoms with Crippen LogP contribution < -0.4 is 0 Å². The Kier molecular flexibility index (Phi) is 5.33. The molecule has 0 unspecified atom stereocenters. The van der Waals surface area contributed by atoms with E-state index in [1.165, 1.54) is 0 Å². The molecule has 0 radical (unpaired) electrons. The lowest BCUT2D eigenvalue weighted by atomic mass is 9.79. The molecule has 1 aromatic heterocycles. The molecule has 0 aliphatic heterocycles. The van der Waals surface area contributed by atoms with Gasteiger partial charge in [-0.3, -0.25) is 4.79 Å². The number of nitrogens with zero attached hydrogens (tertiary/aromatic N) is 2. The van der Waals surface area contributed by atoms with Crippen LogP contribution in [0.5, 0.6) is 0 Å². The Morgan fingerprint density at radius 2 is 2.19 bits per heavy atom. The quantitative estimate of drug-likeness (QED) is 0.832. The molecule has 0 spiro atoms. The van der Waals surface area contributed by atoms with E-state index in [4.69, 9.17) is 14.4 Å². The molecule has 1 fully saturated rings. The molecule has 0 saturated heterocycles. The van der Waals surface area contributed by atoms with E-state index in [1.807, 2.05) is 6.92 Å². The predicted octanol–water partition coefficient (Wildman–Crippen LogP) is 2.92. The second-order valence-electron chi connectivity index (χ2n) is 5.87. The molecular formula is C15H24N2O4. The highest BCUT2D eigenvalue weighted by atomic mass is 16.5. The Morgan fingerprint density at radius 1 is 1.48 bits per heavy atom. The van der Waals surface area contributed by atoms with Gasteiger partial charge in [-0.05, 0) is 44.9 Å². The van der Waals surface area contributed by atoms with E-state index in [0.717, 1.165) is 25.7 Å². The first kappa shape index (κ1) is 15.9. The summed E-state index contributed by atoms with van der Waals surface area (Å²) in [5.74, 6) is 1.04. The summed E-state index contributed by atoms with van der Waals surface area (Å²) < 4.78 is 11.2. The number of carbonyl (C=O) groups is 1. The minimum atomic E-state index is -0.804. The second kappa shape index (κ2) is 7.02. The fraction of sp³-hybridized carbons (Fsp3) is 0.800. The van der Waals surface area contributed by atoms with Crippen molar-refractivity contribution in [1.29, 1.82) is 0 Å². The van der Waals surface area contributed by atoms with Gasteiger partial charge in [-0.25, -0.2) is 0 Å². The van der Waals surface area contributed by atoms with Crippen molar-refractivity contribution in [2.24, 2.45) is 5.92 Å². The third kappa shape index (κ3) is 4.03. The highest BCUT2D eigenvalue weighted by Crippen LogP contribution is 2.41. The van der Waals surface area contributed by atoms with Crippen molar-refractivity contribution in [3.8, 4) is 0 Å². The summed E-state index contributed by atoms with van der Waals surface area (Å²) in [6, 6.07) is 0. The first-order chi connectivity index (χ1) is 10.1. The normalized spacial score (nSPS) is 25.9. The third-order valence-corrected chi connectivity index (χ3v) is 4.16. The third-order valence-electron chi connectivity index (χ3n) is 4.16. The van der Waals surface area contributed by atoms with E-state index in [-0.39, 0.29) is 6.42 Å². The van der Waals surface area contributed by atoms with Gasteiger partial charge >= 0.3 is 5.97 Å². The van der Waals surface area contributed by atoms with Crippen LogP contribution in [0, 0.1) is 5.92 Å². The maximum Gasteiger partial charge on any atom is 0.303 e. The van der Waals surface area contributed by atoms with Crippen LogP contribution in [0.3, 0.4) is 0 Å². The summed E-state index contributed by atoms with van der Waals surface area (Å²) >= 11 is 0. The number of hydrogen-bond acceptors (Lipinski definition) is 5. The summed E-state index contributed by atoms with van der Waals surface area (Å²) in [7, 11) is 0. The zero-order chi connectivity index (χ0) is 15.3. The van der Waals surface area contributed by atoms with E-state index in [9.17, 15) is 4.79 Å². The molecule has 0 amide bonds. The van der Waals surface area contributed by atoms with Crippen molar-refractivity contribution < 1.29 is 19.2 Å². The number of aryl methyl sites for hydroxylation is 1. The van der Waals surface area contributed by atoms with Crippen LogP contribution in [0.25, 0.3) is 0 Å². The van der Waals surface area contributed by atoms with Gasteiger partial charge in [-0.15, -0.1) is 0 Å². The molecule has 1 N–H and O–H groups in total. The van der Waals surface area contributed by atoms with Crippen LogP contribution in [-0.2, 0) is 21.6 Å². The molecule has 1 aliphatic rings. The van der Waals surface area contributed by atoms with Crippen LogP contribution in [0.15, 0.2) is 4.52 Å². The van der Waals surface area contributed by atoms with Crippen LogP contribution in [0.1, 0.15) is 64.1 Å². The molecule has 6 heteroatoms. The number of carboxylic acid groups (broad SMARTS) is 1. The summed E-state index contributed by atoms with van der Waals surface area (Å²) in [6.45, 7) is 4.86. The Balaban J connectivity index is 2.04. The average Bonchev–Trinajstić information content (AvgIpc) is 2.91. The van der Waals surface area contributed by atoms with E-state index in [0.29, 0.717) is 37.1 Å². The Labute approximate surface area is 124 Å². The van der Waals surface area contributed by atoms with Crippen molar-refractivity contribution >= 4 is 5.97 Å². The lowest BCUT2D eigenvalue weighted by Gasteiger charge is -2.36. The van der Waals surface area contributed by atoms with Crippen molar-refractivity contribution in [3.05, 3.63) is 11.7 Å². The van der Waals surface area contributed by atoms with Gasteiger partial charge in [0.05, 0.1) is 0 Å². The summed E-state index contributed by atoms with van der Waals surface area (Å²) in [5, 5.41) is 12.7. The monoisotopic (exact) mass is 296 g/mol. The first-order valence-electron chi connectivity index (χ1n) is 7.74. The highest BCUT2D eigenvalue weighted by Gasteiger charge is 2.40. The van der Waals surface area contributed by atoms with Gasteiger partial charge in [0.15, 0.2) is 0 Å². The summed E-state index contributed by atoms with van der Waals surface area (Å²) in [4.78, 5) is 15.0. The SMILES string of the molecule is CCOC1(c2noc(CCCC(=O)O)n2)CCC(C)CC1. The molecule has 1 heterocycles. The van der Waals surface area contributed by atoms with Gasteiger partial charge in [-0.2, -0.15) is 4.98 Å². The maximum absolute atomic E-state index is 10.5. The first-order valence-corrected chi connectivity index (χ1v) is 7.74. The number of rotatable bonds is 7. The van der Waals surface area contributed by atoms with E-state index < -0.39 is 11.6 Å². The van der Waals surface area contributed by atoms with Crippen molar-refractivity contribution in [2.45, 2.75) is 64.4 Å². The van der Waals surface area contributed by atoms with Crippen LogP contribution in [0.2, 0.25) is 0 Å². The molecule has 1 saturated carbocycles. The zero-order valence-corrected chi connectivity index (χ0v) is 12.8. The molecule has 0 aromatic carbocycles. The van der Waals surface area contributed by atoms with Gasteiger partial charge in [0.25, 0.3) is 0 Å². The minimum Gasteiger partial charge on any atom is -0.481 e. The van der Waals surface area contributed by atoms with Gasteiger partial charge in [0.1, 0.15) is 5.60 Å². The Morgan fingerprint density at radius 3 is 2.81 bits per heavy atom. The fourth-order valence-electron chi connectivity index (χ4n) is 2.87.